The van der Waals surface area contributed by atoms with Crippen molar-refractivity contribution in [3.05, 3.63) is 52.5 Å². The van der Waals surface area contributed by atoms with Crippen molar-refractivity contribution in [2.75, 3.05) is 5.32 Å². The lowest BCUT2D eigenvalue weighted by atomic mass is 10.2. The summed E-state index contributed by atoms with van der Waals surface area (Å²) in [6.45, 7) is 0. The van der Waals surface area contributed by atoms with E-state index in [1.165, 1.54) is 0 Å². The largest absolute Gasteiger partial charge is 0.354 e. The highest BCUT2D eigenvalue weighted by atomic mass is 35.5. The Balaban J connectivity index is 2.01. The molecule has 3 rings (SSSR count). The fourth-order valence-electron chi connectivity index (χ4n) is 1.83. The second-order valence-electron chi connectivity index (χ2n) is 3.93. The predicted molar refractivity (Wildman–Crippen MR) is 79.1 cm³/mol. The fraction of sp³-hybridized carbons (Fsp3) is 0. The van der Waals surface area contributed by atoms with Crippen molar-refractivity contribution in [2.24, 2.45) is 0 Å². The molecule has 0 amide bonds. The molecule has 1 N–H and O–H groups in total. The summed E-state index contributed by atoms with van der Waals surface area (Å²) in [5, 5.41) is 12.8. The van der Waals surface area contributed by atoms with Crippen LogP contribution < -0.4 is 5.32 Å². The SMILES string of the molecule is N#Cc1c(Cl)cccc1Nc1ccc2ncsc2c1. The van der Waals surface area contributed by atoms with Crippen LogP contribution in [0.2, 0.25) is 5.02 Å². The van der Waals surface area contributed by atoms with Gasteiger partial charge in [0, 0.05) is 5.69 Å². The highest BCUT2D eigenvalue weighted by Crippen LogP contribution is 2.28. The molecule has 0 aliphatic rings. The highest BCUT2D eigenvalue weighted by molar-refractivity contribution is 7.16. The summed E-state index contributed by atoms with van der Waals surface area (Å²) in [4.78, 5) is 4.23. The fourth-order valence-corrected chi connectivity index (χ4v) is 2.76. The number of aromatic nitrogens is 1. The Labute approximate surface area is 119 Å². The van der Waals surface area contributed by atoms with E-state index < -0.39 is 0 Å². The number of hydrogen-bond acceptors (Lipinski definition) is 4. The molecular weight excluding hydrogens is 278 g/mol. The maximum Gasteiger partial charge on any atom is 0.103 e. The van der Waals surface area contributed by atoms with Gasteiger partial charge in [-0.3, -0.25) is 0 Å². The van der Waals surface area contributed by atoms with Gasteiger partial charge in [-0.1, -0.05) is 17.7 Å². The van der Waals surface area contributed by atoms with Crippen molar-refractivity contribution in [3.8, 4) is 6.07 Å². The van der Waals surface area contributed by atoms with Gasteiger partial charge < -0.3 is 5.32 Å². The molecule has 0 aliphatic heterocycles. The maximum absolute atomic E-state index is 9.13. The second-order valence-corrected chi connectivity index (χ2v) is 5.23. The zero-order chi connectivity index (χ0) is 13.2. The van der Waals surface area contributed by atoms with Gasteiger partial charge in [0.1, 0.15) is 6.07 Å². The Hall–Kier alpha value is -2.09. The van der Waals surface area contributed by atoms with Gasteiger partial charge >= 0.3 is 0 Å². The van der Waals surface area contributed by atoms with E-state index >= 15 is 0 Å². The van der Waals surface area contributed by atoms with Crippen LogP contribution in [-0.4, -0.2) is 4.98 Å². The third kappa shape index (κ3) is 2.26. The predicted octanol–water partition coefficient (Wildman–Crippen LogP) is 4.56. The Morgan fingerprint density at radius 1 is 1.26 bits per heavy atom. The Bertz CT molecular complexity index is 789. The van der Waals surface area contributed by atoms with Crippen LogP contribution in [0.1, 0.15) is 5.56 Å². The molecule has 3 nitrogen and oxygen atoms in total. The molecule has 3 aromatic rings. The molecular formula is C14H8ClN3S. The van der Waals surface area contributed by atoms with E-state index in [0.717, 1.165) is 15.9 Å². The lowest BCUT2D eigenvalue weighted by molar-refractivity contribution is 1.46. The molecule has 19 heavy (non-hydrogen) atoms. The van der Waals surface area contributed by atoms with E-state index in [1.54, 1.807) is 17.4 Å². The number of halogens is 1. The average Bonchev–Trinajstić information content (AvgIpc) is 2.86. The first-order chi connectivity index (χ1) is 9.28. The molecule has 0 saturated heterocycles. The second kappa shape index (κ2) is 4.88. The summed E-state index contributed by atoms with van der Waals surface area (Å²) in [6.07, 6.45) is 0. The molecule has 0 atom stereocenters. The first-order valence-electron chi connectivity index (χ1n) is 5.57. The lowest BCUT2D eigenvalue weighted by Gasteiger charge is -2.09. The molecule has 0 fully saturated rings. The summed E-state index contributed by atoms with van der Waals surface area (Å²) >= 11 is 7.59. The van der Waals surface area contributed by atoms with E-state index in [-0.39, 0.29) is 0 Å². The van der Waals surface area contributed by atoms with Gasteiger partial charge in [0.2, 0.25) is 0 Å². The molecule has 1 heterocycles. The van der Waals surface area contributed by atoms with E-state index in [0.29, 0.717) is 16.3 Å². The summed E-state index contributed by atoms with van der Waals surface area (Å²) in [5.41, 5.74) is 4.86. The van der Waals surface area contributed by atoms with Gasteiger partial charge in [0.05, 0.1) is 32.0 Å². The van der Waals surface area contributed by atoms with Crippen molar-refractivity contribution in [2.45, 2.75) is 0 Å². The molecule has 0 bridgehead atoms. The van der Waals surface area contributed by atoms with Crippen molar-refractivity contribution in [1.29, 1.82) is 5.26 Å². The molecule has 5 heteroatoms. The summed E-state index contributed by atoms with van der Waals surface area (Å²) < 4.78 is 1.10. The Kier molecular flexibility index (Phi) is 3.08. The van der Waals surface area contributed by atoms with Crippen molar-refractivity contribution < 1.29 is 0 Å². The topological polar surface area (TPSA) is 48.7 Å². The van der Waals surface area contributed by atoms with Crippen LogP contribution in [0.25, 0.3) is 10.2 Å². The molecule has 2 aromatic carbocycles. The molecule has 0 radical (unpaired) electrons. The van der Waals surface area contributed by atoms with E-state index in [2.05, 4.69) is 16.4 Å². The average molecular weight is 286 g/mol. The molecule has 0 unspecified atom stereocenters. The van der Waals surface area contributed by atoms with Crippen molar-refractivity contribution in [1.82, 2.24) is 4.98 Å². The number of anilines is 2. The van der Waals surface area contributed by atoms with E-state index in [9.17, 15) is 0 Å². The minimum absolute atomic E-state index is 0.450. The molecule has 0 spiro atoms. The third-order valence-electron chi connectivity index (χ3n) is 2.74. The monoisotopic (exact) mass is 285 g/mol. The van der Waals surface area contributed by atoms with Crippen molar-refractivity contribution >= 4 is 44.5 Å². The number of thiazole rings is 1. The zero-order valence-corrected chi connectivity index (χ0v) is 11.3. The van der Waals surface area contributed by atoms with Gasteiger partial charge in [-0.05, 0) is 30.3 Å². The van der Waals surface area contributed by atoms with Gasteiger partial charge in [-0.2, -0.15) is 5.26 Å². The smallest absolute Gasteiger partial charge is 0.103 e. The number of benzene rings is 2. The normalized spacial score (nSPS) is 10.3. The van der Waals surface area contributed by atoms with E-state index in [4.69, 9.17) is 16.9 Å². The van der Waals surface area contributed by atoms with Crippen LogP contribution in [0.3, 0.4) is 0 Å². The van der Waals surface area contributed by atoms with Crippen LogP contribution in [0.5, 0.6) is 0 Å². The minimum atomic E-state index is 0.450. The summed E-state index contributed by atoms with van der Waals surface area (Å²) in [5.74, 6) is 0. The van der Waals surface area contributed by atoms with Crippen LogP contribution in [0.4, 0.5) is 11.4 Å². The number of nitrogens with one attached hydrogen (secondary N) is 1. The molecule has 92 valence electrons. The first-order valence-corrected chi connectivity index (χ1v) is 6.82. The quantitative estimate of drug-likeness (QED) is 0.750. The standard InChI is InChI=1S/C14H8ClN3S/c15-11-2-1-3-12(10(11)7-16)18-9-4-5-13-14(6-9)19-8-17-13/h1-6,8,18H. The third-order valence-corrected chi connectivity index (χ3v) is 3.84. The van der Waals surface area contributed by atoms with Gasteiger partial charge in [-0.25, -0.2) is 4.98 Å². The van der Waals surface area contributed by atoms with Crippen molar-refractivity contribution in [3.63, 3.8) is 0 Å². The highest BCUT2D eigenvalue weighted by Gasteiger charge is 2.07. The first kappa shape index (κ1) is 12.0. The van der Waals surface area contributed by atoms with E-state index in [1.807, 2.05) is 35.8 Å². The van der Waals surface area contributed by atoms with Crippen LogP contribution in [-0.2, 0) is 0 Å². The Morgan fingerprint density at radius 2 is 2.16 bits per heavy atom. The summed E-state index contributed by atoms with van der Waals surface area (Å²) in [6, 6.07) is 13.4. The van der Waals surface area contributed by atoms with Crippen LogP contribution in [0, 0.1) is 11.3 Å². The van der Waals surface area contributed by atoms with Gasteiger partial charge in [0.15, 0.2) is 0 Å². The number of rotatable bonds is 2. The minimum Gasteiger partial charge on any atom is -0.354 e. The number of nitrogens with zero attached hydrogens (tertiary/aromatic N) is 2. The lowest BCUT2D eigenvalue weighted by Crippen LogP contribution is -1.93. The number of fused-ring (bicyclic) bond motifs is 1. The zero-order valence-electron chi connectivity index (χ0n) is 9.72. The Morgan fingerprint density at radius 3 is 3.00 bits per heavy atom. The molecule has 0 aliphatic carbocycles. The maximum atomic E-state index is 9.13. The van der Waals surface area contributed by atoms with Crippen LogP contribution in [0.15, 0.2) is 41.9 Å². The summed E-state index contributed by atoms with van der Waals surface area (Å²) in [7, 11) is 0. The van der Waals surface area contributed by atoms with Gasteiger partial charge in [-0.15, -0.1) is 11.3 Å². The van der Waals surface area contributed by atoms with Crippen LogP contribution >= 0.6 is 22.9 Å². The molecule has 0 saturated carbocycles. The van der Waals surface area contributed by atoms with Gasteiger partial charge in [0.25, 0.3) is 0 Å². The number of hydrogen-bond donors (Lipinski definition) is 1. The molecule has 1 aromatic heterocycles. The number of nitriles is 1.